The van der Waals surface area contributed by atoms with Gasteiger partial charge in [0.15, 0.2) is 0 Å². The molecule has 66 valence electrons. The van der Waals surface area contributed by atoms with E-state index in [-0.39, 0.29) is 0 Å². The fourth-order valence-electron chi connectivity index (χ4n) is 1.05. The Hall–Kier alpha value is 0.210. The van der Waals surface area contributed by atoms with E-state index in [9.17, 15) is 0 Å². The van der Waals surface area contributed by atoms with Gasteiger partial charge >= 0.3 is 0 Å². The maximum atomic E-state index is 5.79. The summed E-state index contributed by atoms with van der Waals surface area (Å²) < 4.78 is 0. The highest BCUT2D eigenvalue weighted by Gasteiger charge is 2.40. The van der Waals surface area contributed by atoms with Crippen molar-refractivity contribution < 1.29 is 0 Å². The van der Waals surface area contributed by atoms with E-state index in [2.05, 4.69) is 24.3 Å². The fraction of sp³-hybridized carbons (Fsp3) is 1.00. The Morgan fingerprint density at radius 2 is 2.09 bits per heavy atom. The molecular weight excluding hydrogens is 160 g/mol. The van der Waals surface area contributed by atoms with Crippen LogP contribution < -0.4 is 5.32 Å². The van der Waals surface area contributed by atoms with E-state index in [0.29, 0.717) is 5.54 Å². The molecule has 1 aliphatic rings. The quantitative estimate of drug-likeness (QED) is 0.627. The zero-order valence-corrected chi connectivity index (χ0v) is 8.12. The van der Waals surface area contributed by atoms with Crippen molar-refractivity contribution in [3.63, 3.8) is 0 Å². The van der Waals surface area contributed by atoms with Crippen molar-refractivity contribution in [2.45, 2.75) is 18.4 Å². The van der Waals surface area contributed by atoms with Gasteiger partial charge in [-0.2, -0.15) is 0 Å². The number of alkyl halides is 1. The van der Waals surface area contributed by atoms with Crippen molar-refractivity contribution >= 4 is 11.6 Å². The Morgan fingerprint density at radius 3 is 2.45 bits per heavy atom. The van der Waals surface area contributed by atoms with Crippen LogP contribution in [0.15, 0.2) is 0 Å². The molecule has 0 radical (unpaired) electrons. The van der Waals surface area contributed by atoms with Crippen LogP contribution in [0, 0.1) is 0 Å². The largest absolute Gasteiger partial charge is 0.309 e. The minimum atomic E-state index is 0.317. The van der Waals surface area contributed by atoms with Gasteiger partial charge in [0.05, 0.1) is 0 Å². The van der Waals surface area contributed by atoms with E-state index in [4.69, 9.17) is 11.6 Å². The first-order chi connectivity index (χ1) is 5.18. The summed E-state index contributed by atoms with van der Waals surface area (Å²) in [6.07, 6.45) is 2.51. The number of hydrogen-bond acceptors (Lipinski definition) is 2. The van der Waals surface area contributed by atoms with Crippen molar-refractivity contribution in [2.75, 3.05) is 33.1 Å². The molecule has 0 unspecified atom stereocenters. The van der Waals surface area contributed by atoms with Crippen LogP contribution in [-0.4, -0.2) is 43.5 Å². The van der Waals surface area contributed by atoms with Crippen LogP contribution in [0.5, 0.6) is 0 Å². The lowest BCUT2D eigenvalue weighted by Gasteiger charge is -2.16. The van der Waals surface area contributed by atoms with Gasteiger partial charge in [-0.1, -0.05) is 0 Å². The van der Waals surface area contributed by atoms with Crippen LogP contribution in [0.4, 0.5) is 0 Å². The van der Waals surface area contributed by atoms with Crippen LogP contribution in [0.2, 0.25) is 0 Å². The maximum absolute atomic E-state index is 5.79. The molecule has 2 nitrogen and oxygen atoms in total. The molecule has 1 fully saturated rings. The summed E-state index contributed by atoms with van der Waals surface area (Å²) in [7, 11) is 4.17. The molecule has 1 N–H and O–H groups in total. The molecular formula is C8H17ClN2. The van der Waals surface area contributed by atoms with Gasteiger partial charge in [0.25, 0.3) is 0 Å². The van der Waals surface area contributed by atoms with Crippen LogP contribution in [0.25, 0.3) is 0 Å². The number of hydrogen-bond donors (Lipinski definition) is 1. The molecule has 0 saturated heterocycles. The SMILES string of the molecule is CN(C)CCNC1(CCl)CC1. The minimum absolute atomic E-state index is 0.317. The zero-order valence-electron chi connectivity index (χ0n) is 7.36. The summed E-state index contributed by atoms with van der Waals surface area (Å²) in [6, 6.07) is 0. The third kappa shape index (κ3) is 2.97. The van der Waals surface area contributed by atoms with Crippen molar-refractivity contribution in [3.8, 4) is 0 Å². The maximum Gasteiger partial charge on any atom is 0.0406 e. The van der Waals surface area contributed by atoms with Crippen molar-refractivity contribution in [1.29, 1.82) is 0 Å². The highest BCUT2D eigenvalue weighted by molar-refractivity contribution is 6.18. The molecule has 0 aliphatic heterocycles. The van der Waals surface area contributed by atoms with Gasteiger partial charge in [0.1, 0.15) is 0 Å². The third-order valence-electron chi connectivity index (χ3n) is 2.17. The van der Waals surface area contributed by atoms with Gasteiger partial charge in [0, 0.05) is 24.5 Å². The van der Waals surface area contributed by atoms with Crippen molar-refractivity contribution in [3.05, 3.63) is 0 Å². The van der Waals surface area contributed by atoms with Crippen LogP contribution in [-0.2, 0) is 0 Å². The predicted octanol–water partition coefficient (Wildman–Crippen LogP) is 0.909. The summed E-state index contributed by atoms with van der Waals surface area (Å²) in [6.45, 7) is 2.15. The highest BCUT2D eigenvalue weighted by atomic mass is 35.5. The molecule has 0 bridgehead atoms. The second-order valence-corrected chi connectivity index (χ2v) is 3.91. The van der Waals surface area contributed by atoms with Crippen molar-refractivity contribution in [2.24, 2.45) is 0 Å². The standard InChI is InChI=1S/C8H17ClN2/c1-11(2)6-5-10-8(7-9)3-4-8/h10H,3-7H2,1-2H3. The summed E-state index contributed by atoms with van der Waals surface area (Å²) in [4.78, 5) is 2.18. The average molecular weight is 177 g/mol. The normalized spacial score (nSPS) is 20.7. The number of rotatable bonds is 5. The van der Waals surface area contributed by atoms with E-state index < -0.39 is 0 Å². The molecule has 0 aromatic rings. The molecule has 0 aromatic heterocycles. The summed E-state index contributed by atoms with van der Waals surface area (Å²) >= 11 is 5.79. The molecule has 0 aromatic carbocycles. The van der Waals surface area contributed by atoms with E-state index in [1.807, 2.05) is 0 Å². The molecule has 0 amide bonds. The number of nitrogens with one attached hydrogen (secondary N) is 1. The smallest absolute Gasteiger partial charge is 0.0406 e. The number of nitrogens with zero attached hydrogens (tertiary/aromatic N) is 1. The Kier molecular flexibility index (Phi) is 3.16. The minimum Gasteiger partial charge on any atom is -0.309 e. The number of likely N-dealkylation sites (N-methyl/N-ethyl adjacent to an activating group) is 1. The average Bonchev–Trinajstić information content (AvgIpc) is 2.69. The van der Waals surface area contributed by atoms with Crippen LogP contribution in [0.1, 0.15) is 12.8 Å². The molecule has 3 heteroatoms. The molecule has 1 rings (SSSR count). The van der Waals surface area contributed by atoms with Crippen LogP contribution >= 0.6 is 11.6 Å². The van der Waals surface area contributed by atoms with Gasteiger partial charge in [-0.25, -0.2) is 0 Å². The first kappa shape index (κ1) is 9.30. The molecule has 1 aliphatic carbocycles. The fourth-order valence-corrected chi connectivity index (χ4v) is 1.41. The lowest BCUT2D eigenvalue weighted by atomic mass is 10.3. The predicted molar refractivity (Wildman–Crippen MR) is 49.2 cm³/mol. The third-order valence-corrected chi connectivity index (χ3v) is 2.68. The van der Waals surface area contributed by atoms with Gasteiger partial charge in [-0.15, -0.1) is 11.6 Å². The van der Waals surface area contributed by atoms with Gasteiger partial charge in [-0.3, -0.25) is 0 Å². The lowest BCUT2D eigenvalue weighted by molar-refractivity contribution is 0.384. The van der Waals surface area contributed by atoms with Crippen LogP contribution in [0.3, 0.4) is 0 Å². The molecule has 0 spiro atoms. The topological polar surface area (TPSA) is 15.3 Å². The molecule has 1 saturated carbocycles. The van der Waals surface area contributed by atoms with Gasteiger partial charge in [0.2, 0.25) is 0 Å². The van der Waals surface area contributed by atoms with E-state index in [1.54, 1.807) is 0 Å². The second kappa shape index (κ2) is 3.74. The van der Waals surface area contributed by atoms with E-state index >= 15 is 0 Å². The summed E-state index contributed by atoms with van der Waals surface area (Å²) in [5, 5.41) is 3.48. The monoisotopic (exact) mass is 176 g/mol. The molecule has 0 atom stereocenters. The highest BCUT2D eigenvalue weighted by Crippen LogP contribution is 2.35. The summed E-state index contributed by atoms with van der Waals surface area (Å²) in [5.74, 6) is 0.764. The van der Waals surface area contributed by atoms with E-state index in [0.717, 1.165) is 19.0 Å². The van der Waals surface area contributed by atoms with E-state index in [1.165, 1.54) is 12.8 Å². The summed E-state index contributed by atoms with van der Waals surface area (Å²) in [5.41, 5.74) is 0.317. The van der Waals surface area contributed by atoms with Crippen molar-refractivity contribution in [1.82, 2.24) is 10.2 Å². The van der Waals surface area contributed by atoms with Gasteiger partial charge in [-0.05, 0) is 26.9 Å². The molecule has 11 heavy (non-hydrogen) atoms. The lowest BCUT2D eigenvalue weighted by Crippen LogP contribution is -2.37. The second-order valence-electron chi connectivity index (χ2n) is 3.64. The Balaban J connectivity index is 2.03. The Labute approximate surface area is 73.9 Å². The first-order valence-electron chi connectivity index (χ1n) is 4.14. The molecule has 0 heterocycles. The Bertz CT molecular complexity index is 121. The Morgan fingerprint density at radius 1 is 1.45 bits per heavy atom. The van der Waals surface area contributed by atoms with Gasteiger partial charge < -0.3 is 10.2 Å². The first-order valence-corrected chi connectivity index (χ1v) is 4.68. The number of halogens is 1. The zero-order chi connectivity index (χ0) is 8.32.